The molecule has 2 aromatic carbocycles. The van der Waals surface area contributed by atoms with Gasteiger partial charge in [-0.05, 0) is 48.4 Å². The molecule has 242 valence electrons. The fourth-order valence-corrected chi connectivity index (χ4v) is 4.77. The first kappa shape index (κ1) is 33.3. The van der Waals surface area contributed by atoms with Crippen molar-refractivity contribution in [1.82, 2.24) is 0 Å². The molecule has 0 radical (unpaired) electrons. The highest BCUT2D eigenvalue weighted by atomic mass is 19.4. The second kappa shape index (κ2) is 11.7. The molecule has 0 spiro atoms. The predicted octanol–water partition coefficient (Wildman–Crippen LogP) is 8.22. The summed E-state index contributed by atoms with van der Waals surface area (Å²) in [6, 6.07) is 2.79. The fourth-order valence-electron chi connectivity index (χ4n) is 4.77. The monoisotopic (exact) mass is 653 g/mol. The number of para-hydroxylation sites is 1. The number of β-amino-alcohol motifs (C(OH)–C–C–N with tert-alkyl or cyclic N) is 1. The van der Waals surface area contributed by atoms with Gasteiger partial charge in [0.25, 0.3) is 0 Å². The van der Waals surface area contributed by atoms with E-state index >= 15 is 0 Å². The van der Waals surface area contributed by atoms with Gasteiger partial charge in [-0.15, -0.1) is 0 Å². The maximum Gasteiger partial charge on any atom is 0.461 e. The summed E-state index contributed by atoms with van der Waals surface area (Å²) in [5, 5.41) is 9.89. The van der Waals surface area contributed by atoms with Gasteiger partial charge in [-0.3, -0.25) is 0 Å². The van der Waals surface area contributed by atoms with Gasteiger partial charge in [0.15, 0.2) is 11.9 Å². The number of rotatable bonds is 7. The average Bonchev–Trinajstić information content (AvgIpc) is 2.91. The van der Waals surface area contributed by atoms with Crippen LogP contribution >= 0.6 is 0 Å². The van der Waals surface area contributed by atoms with Gasteiger partial charge in [-0.1, -0.05) is 18.2 Å². The van der Waals surface area contributed by atoms with Gasteiger partial charge in [0, 0.05) is 11.5 Å². The number of anilines is 1. The van der Waals surface area contributed by atoms with Gasteiger partial charge < -0.3 is 19.5 Å². The number of fused-ring (bicyclic) bond motifs is 1. The number of ether oxygens (including phenoxy) is 2. The number of nitrogens with zero attached hydrogens (tertiary/aromatic N) is 1. The van der Waals surface area contributed by atoms with Gasteiger partial charge in [0.1, 0.15) is 12.4 Å². The van der Waals surface area contributed by atoms with E-state index in [2.05, 4.69) is 4.74 Å². The van der Waals surface area contributed by atoms with Crippen LogP contribution in [0.15, 0.2) is 60.4 Å². The second-order valence-electron chi connectivity index (χ2n) is 9.87. The average molecular weight is 653 g/mol. The SMILES string of the molecule is O[C@@H](CN1c2cccc(-c3cc(C(F)(F)F)cc(C(F)(F)F)c3)c2OCC1[C@@H]1C=C(OC(F)(F)C(F)F)C=CC1)C(F)(F)F. The Balaban J connectivity index is 1.81. The number of benzene rings is 2. The first-order valence-corrected chi connectivity index (χ1v) is 12.5. The molecular weight excluding hydrogens is 633 g/mol. The highest BCUT2D eigenvalue weighted by Crippen LogP contribution is 2.47. The Labute approximate surface area is 240 Å². The lowest BCUT2D eigenvalue weighted by Gasteiger charge is -2.43. The first-order chi connectivity index (χ1) is 20.2. The Bertz CT molecular complexity index is 1380. The van der Waals surface area contributed by atoms with Crippen LogP contribution in [-0.2, 0) is 17.1 Å². The van der Waals surface area contributed by atoms with E-state index in [4.69, 9.17) is 4.74 Å². The van der Waals surface area contributed by atoms with E-state index in [0.717, 1.165) is 35.3 Å². The molecular formula is C27H20F13NO3. The molecule has 1 heterocycles. The van der Waals surface area contributed by atoms with Crippen molar-refractivity contribution in [2.24, 2.45) is 5.92 Å². The lowest BCUT2D eigenvalue weighted by molar-refractivity contribution is -0.280. The minimum Gasteiger partial charge on any atom is -0.489 e. The van der Waals surface area contributed by atoms with Crippen LogP contribution in [0.2, 0.25) is 0 Å². The van der Waals surface area contributed by atoms with E-state index in [9.17, 15) is 62.2 Å². The molecule has 17 heteroatoms. The Kier molecular flexibility index (Phi) is 8.85. The van der Waals surface area contributed by atoms with Crippen LogP contribution in [0, 0.1) is 5.92 Å². The Morgan fingerprint density at radius 2 is 1.52 bits per heavy atom. The summed E-state index contributed by atoms with van der Waals surface area (Å²) < 4.78 is 183. The topological polar surface area (TPSA) is 41.9 Å². The molecule has 44 heavy (non-hydrogen) atoms. The standard InChI is InChI=1S/C27H20F13NO3/c28-23(29)27(39,40)44-17-4-1-3-13(9-17)20-12-43-22-18(5-2-6-19(22)41(20)11-21(42)26(36,37)38)14-7-15(24(30,31)32)10-16(8-14)25(33,34)35/h1-2,4-10,13,20-21,23,42H,3,11-12H2/t13-,20?,21-/m0/s1. The molecule has 0 saturated heterocycles. The van der Waals surface area contributed by atoms with E-state index < -0.39 is 90.5 Å². The molecule has 0 amide bonds. The molecule has 0 bridgehead atoms. The van der Waals surface area contributed by atoms with Gasteiger partial charge in [0.2, 0.25) is 0 Å². The van der Waals surface area contributed by atoms with Gasteiger partial charge in [-0.2, -0.15) is 57.1 Å². The van der Waals surface area contributed by atoms with Crippen molar-refractivity contribution >= 4 is 5.69 Å². The van der Waals surface area contributed by atoms with Crippen LogP contribution in [0.1, 0.15) is 17.5 Å². The third-order valence-electron chi connectivity index (χ3n) is 6.82. The van der Waals surface area contributed by atoms with E-state index in [0.29, 0.717) is 12.1 Å². The molecule has 1 aliphatic carbocycles. The summed E-state index contributed by atoms with van der Waals surface area (Å²) in [5.74, 6) is -2.21. The second-order valence-corrected chi connectivity index (χ2v) is 9.87. The van der Waals surface area contributed by atoms with Crippen molar-refractivity contribution in [3.8, 4) is 16.9 Å². The molecule has 0 aromatic heterocycles. The third kappa shape index (κ3) is 7.18. The van der Waals surface area contributed by atoms with Crippen LogP contribution in [0.4, 0.5) is 62.8 Å². The van der Waals surface area contributed by atoms with E-state index in [-0.39, 0.29) is 23.7 Å². The van der Waals surface area contributed by atoms with E-state index in [1.165, 1.54) is 6.08 Å². The Morgan fingerprint density at radius 1 is 0.909 bits per heavy atom. The lowest BCUT2D eigenvalue weighted by atomic mass is 9.89. The molecule has 2 aromatic rings. The lowest BCUT2D eigenvalue weighted by Crippen LogP contribution is -2.52. The van der Waals surface area contributed by atoms with E-state index in [1.807, 2.05) is 0 Å². The molecule has 2 aliphatic rings. The quantitative estimate of drug-likeness (QED) is 0.306. The van der Waals surface area contributed by atoms with Gasteiger partial charge in [-0.25, -0.2) is 0 Å². The van der Waals surface area contributed by atoms with Crippen LogP contribution in [0.25, 0.3) is 11.1 Å². The van der Waals surface area contributed by atoms with Gasteiger partial charge >= 0.3 is 31.1 Å². The molecule has 1 unspecified atom stereocenters. The summed E-state index contributed by atoms with van der Waals surface area (Å²) in [7, 11) is 0. The number of hydrogen-bond donors (Lipinski definition) is 1. The third-order valence-corrected chi connectivity index (χ3v) is 6.82. The first-order valence-electron chi connectivity index (χ1n) is 12.5. The van der Waals surface area contributed by atoms with E-state index in [1.54, 1.807) is 0 Å². The fraction of sp³-hybridized carbons (Fsp3) is 0.407. The largest absolute Gasteiger partial charge is 0.489 e. The highest BCUT2D eigenvalue weighted by Gasteiger charge is 2.46. The number of allylic oxidation sites excluding steroid dienone is 2. The van der Waals surface area contributed by atoms with Crippen LogP contribution < -0.4 is 9.64 Å². The molecule has 0 saturated carbocycles. The van der Waals surface area contributed by atoms with Crippen LogP contribution in [0.5, 0.6) is 5.75 Å². The van der Waals surface area contributed by atoms with Crippen molar-refractivity contribution in [3.63, 3.8) is 0 Å². The number of hydrogen-bond acceptors (Lipinski definition) is 4. The summed E-state index contributed by atoms with van der Waals surface area (Å²) >= 11 is 0. The van der Waals surface area contributed by atoms with Crippen LogP contribution in [-0.4, -0.2) is 49.1 Å². The summed E-state index contributed by atoms with van der Waals surface area (Å²) in [6.07, 6.45) is -24.7. The summed E-state index contributed by atoms with van der Waals surface area (Å²) in [4.78, 5) is 0.919. The molecule has 3 atom stereocenters. The number of halogens is 13. The predicted molar refractivity (Wildman–Crippen MR) is 128 cm³/mol. The molecule has 4 rings (SSSR count). The normalized spacial score (nSPS) is 20.2. The molecule has 0 fully saturated rings. The molecule has 4 nitrogen and oxygen atoms in total. The molecule has 1 aliphatic heterocycles. The molecule has 1 N–H and O–H groups in total. The van der Waals surface area contributed by atoms with Crippen molar-refractivity contribution in [2.45, 2.75) is 49.6 Å². The van der Waals surface area contributed by atoms with Gasteiger partial charge in [0.05, 0.1) is 29.4 Å². The highest BCUT2D eigenvalue weighted by molar-refractivity contribution is 5.80. The zero-order valence-electron chi connectivity index (χ0n) is 21.8. The smallest absolute Gasteiger partial charge is 0.461 e. The van der Waals surface area contributed by atoms with Crippen molar-refractivity contribution in [2.75, 3.05) is 18.1 Å². The summed E-state index contributed by atoms with van der Waals surface area (Å²) in [5.41, 5.74) is -4.60. The summed E-state index contributed by atoms with van der Waals surface area (Å²) in [6.45, 7) is -1.82. The zero-order valence-corrected chi connectivity index (χ0v) is 21.8. The van der Waals surface area contributed by atoms with Crippen molar-refractivity contribution < 1.29 is 71.7 Å². The van der Waals surface area contributed by atoms with Crippen molar-refractivity contribution in [3.05, 3.63) is 71.5 Å². The van der Waals surface area contributed by atoms with Crippen molar-refractivity contribution in [1.29, 1.82) is 0 Å². The minimum absolute atomic E-state index is 0.0582. The Hall–Kier alpha value is -3.63. The van der Waals surface area contributed by atoms with Crippen LogP contribution in [0.3, 0.4) is 0 Å². The number of aliphatic hydroxyl groups is 1. The number of alkyl halides is 13. The maximum absolute atomic E-state index is 13.5. The minimum atomic E-state index is -5.21. The Morgan fingerprint density at radius 3 is 2.07 bits per heavy atom. The zero-order chi connectivity index (χ0) is 32.8. The number of aliphatic hydroxyl groups excluding tert-OH is 1. The maximum atomic E-state index is 13.5.